The van der Waals surface area contributed by atoms with Crippen molar-refractivity contribution in [3.63, 3.8) is 0 Å². The Morgan fingerprint density at radius 2 is 1.76 bits per heavy atom. The molecule has 5 nitrogen and oxygen atoms in total. The third-order valence-electron chi connectivity index (χ3n) is 4.88. The van der Waals surface area contributed by atoms with Crippen LogP contribution in [-0.4, -0.2) is 20.9 Å². The van der Waals surface area contributed by atoms with Crippen LogP contribution in [0.15, 0.2) is 76.1 Å². The summed E-state index contributed by atoms with van der Waals surface area (Å²) in [5.74, 6) is -0.309. The van der Waals surface area contributed by atoms with Crippen molar-refractivity contribution in [2.45, 2.75) is 11.8 Å². The fourth-order valence-electron chi connectivity index (χ4n) is 3.30. The van der Waals surface area contributed by atoms with Crippen LogP contribution >= 0.6 is 50.5 Å². The molecule has 1 aromatic heterocycles. The Kier molecular flexibility index (Phi) is 7.02. The summed E-state index contributed by atoms with van der Waals surface area (Å²) >= 11 is 16.7. The van der Waals surface area contributed by atoms with Gasteiger partial charge in [0.1, 0.15) is 0 Å². The van der Waals surface area contributed by atoms with E-state index in [2.05, 4.69) is 21.2 Å². The molecule has 0 aliphatic heterocycles. The Labute approximate surface area is 214 Å². The Hall–Kier alpha value is -2.10. The first-order chi connectivity index (χ1) is 15.7. The number of sulfonamides is 1. The van der Waals surface area contributed by atoms with Crippen LogP contribution in [0.25, 0.3) is 10.1 Å². The summed E-state index contributed by atoms with van der Waals surface area (Å²) in [5.41, 5.74) is 0.986. The molecule has 0 saturated heterocycles. The van der Waals surface area contributed by atoms with Crippen molar-refractivity contribution in [1.29, 1.82) is 0 Å². The molecule has 0 bridgehead atoms. The maximum absolute atomic E-state index is 13.2. The zero-order valence-corrected chi connectivity index (χ0v) is 21.9. The van der Waals surface area contributed by atoms with Gasteiger partial charge < -0.3 is 5.32 Å². The SMILES string of the molecule is CCN(c1ccc2sc(C(=O)Nc3ccc(Cl)cc3Cl)cc2c1)S(=O)(=O)c1ccc(Br)cc1. The number of hydrogen-bond acceptors (Lipinski definition) is 4. The number of thiophene rings is 1. The lowest BCUT2D eigenvalue weighted by molar-refractivity contribution is 0.103. The Morgan fingerprint density at radius 3 is 2.42 bits per heavy atom. The second-order valence-corrected chi connectivity index (χ2v) is 11.7. The first-order valence-corrected chi connectivity index (χ1v) is 13.6. The molecule has 0 unspecified atom stereocenters. The summed E-state index contributed by atoms with van der Waals surface area (Å²) in [6.07, 6.45) is 0. The van der Waals surface area contributed by atoms with Crippen molar-refractivity contribution >= 4 is 87.9 Å². The molecule has 0 saturated carbocycles. The highest BCUT2D eigenvalue weighted by atomic mass is 79.9. The van der Waals surface area contributed by atoms with Gasteiger partial charge in [0.15, 0.2) is 0 Å². The largest absolute Gasteiger partial charge is 0.320 e. The average molecular weight is 584 g/mol. The van der Waals surface area contributed by atoms with Crippen LogP contribution in [-0.2, 0) is 10.0 Å². The number of rotatable bonds is 6. The number of carbonyl (C=O) groups excluding carboxylic acids is 1. The molecule has 0 aliphatic rings. The van der Waals surface area contributed by atoms with Gasteiger partial charge in [-0.3, -0.25) is 9.10 Å². The minimum Gasteiger partial charge on any atom is -0.320 e. The molecule has 4 rings (SSSR count). The highest BCUT2D eigenvalue weighted by Crippen LogP contribution is 2.33. The van der Waals surface area contributed by atoms with E-state index in [-0.39, 0.29) is 17.3 Å². The molecule has 10 heteroatoms. The number of halogens is 3. The number of anilines is 2. The summed E-state index contributed by atoms with van der Waals surface area (Å²) in [6.45, 7) is 2.04. The lowest BCUT2D eigenvalue weighted by atomic mass is 10.2. The molecule has 0 spiro atoms. The van der Waals surface area contributed by atoms with Crippen LogP contribution in [0.4, 0.5) is 11.4 Å². The molecule has 3 aromatic carbocycles. The molecule has 0 radical (unpaired) electrons. The predicted octanol–water partition coefficient (Wildman–Crippen LogP) is 7.44. The van der Waals surface area contributed by atoms with Gasteiger partial charge in [0.25, 0.3) is 15.9 Å². The van der Waals surface area contributed by atoms with Crippen molar-refractivity contribution in [2.24, 2.45) is 0 Å². The van der Waals surface area contributed by atoms with Crippen molar-refractivity contribution in [3.8, 4) is 0 Å². The molecule has 1 heterocycles. The molecule has 4 aromatic rings. The van der Waals surface area contributed by atoms with E-state index in [9.17, 15) is 13.2 Å². The first kappa shape index (κ1) is 24.0. The van der Waals surface area contributed by atoms with E-state index >= 15 is 0 Å². The van der Waals surface area contributed by atoms with Gasteiger partial charge in [0.05, 0.1) is 26.2 Å². The Morgan fingerprint density at radius 1 is 1.03 bits per heavy atom. The smallest absolute Gasteiger partial charge is 0.265 e. The monoisotopic (exact) mass is 582 g/mol. The third kappa shape index (κ3) is 5.05. The summed E-state index contributed by atoms with van der Waals surface area (Å²) < 4.78 is 29.4. The fourth-order valence-corrected chi connectivity index (χ4v) is 6.42. The Bertz CT molecular complexity index is 1450. The van der Waals surface area contributed by atoms with E-state index in [1.807, 2.05) is 6.07 Å². The van der Waals surface area contributed by atoms with Gasteiger partial charge in [0, 0.05) is 20.7 Å². The molecule has 1 amide bonds. The van der Waals surface area contributed by atoms with Gasteiger partial charge in [-0.2, -0.15) is 0 Å². The van der Waals surface area contributed by atoms with Gasteiger partial charge >= 0.3 is 0 Å². The van der Waals surface area contributed by atoms with Crippen LogP contribution in [0.3, 0.4) is 0 Å². The second-order valence-electron chi connectivity index (χ2n) is 7.03. The highest BCUT2D eigenvalue weighted by molar-refractivity contribution is 9.10. The molecular weight excluding hydrogens is 567 g/mol. The molecule has 0 fully saturated rings. The molecule has 0 atom stereocenters. The van der Waals surface area contributed by atoms with Crippen LogP contribution in [0.5, 0.6) is 0 Å². The number of amides is 1. The van der Waals surface area contributed by atoms with Crippen LogP contribution < -0.4 is 9.62 Å². The van der Waals surface area contributed by atoms with Crippen molar-refractivity contribution < 1.29 is 13.2 Å². The van der Waals surface area contributed by atoms with Gasteiger partial charge in [-0.1, -0.05) is 39.1 Å². The minimum atomic E-state index is -3.74. The van der Waals surface area contributed by atoms with E-state index in [0.717, 1.165) is 14.6 Å². The van der Waals surface area contributed by atoms with E-state index in [4.69, 9.17) is 23.2 Å². The lowest BCUT2D eigenvalue weighted by Gasteiger charge is -2.23. The standard InChI is InChI=1S/C23H17BrCl2N2O3S2/c1-2-28(33(30,31)18-7-3-15(24)4-8-18)17-6-10-21-14(11-17)12-22(32-21)23(29)27-20-9-5-16(25)13-19(20)26/h3-13H,2H2,1H3,(H,27,29). The topological polar surface area (TPSA) is 66.5 Å². The average Bonchev–Trinajstić information content (AvgIpc) is 3.20. The third-order valence-corrected chi connectivity index (χ3v) is 8.99. The number of hydrogen-bond donors (Lipinski definition) is 1. The van der Waals surface area contributed by atoms with E-state index in [1.165, 1.54) is 15.6 Å². The van der Waals surface area contributed by atoms with Gasteiger partial charge in [0.2, 0.25) is 0 Å². The van der Waals surface area contributed by atoms with Crippen molar-refractivity contribution in [1.82, 2.24) is 0 Å². The van der Waals surface area contributed by atoms with E-state index in [1.54, 1.807) is 67.6 Å². The summed E-state index contributed by atoms with van der Waals surface area (Å²) in [4.78, 5) is 13.5. The van der Waals surface area contributed by atoms with Crippen LogP contribution in [0.1, 0.15) is 16.6 Å². The van der Waals surface area contributed by atoms with Crippen molar-refractivity contribution in [3.05, 3.63) is 86.1 Å². The summed E-state index contributed by atoms with van der Waals surface area (Å²) in [6, 6.07) is 18.4. The summed E-state index contributed by atoms with van der Waals surface area (Å²) in [7, 11) is -3.74. The van der Waals surface area contributed by atoms with Crippen molar-refractivity contribution in [2.75, 3.05) is 16.2 Å². The number of nitrogens with zero attached hydrogens (tertiary/aromatic N) is 1. The minimum absolute atomic E-state index is 0.206. The maximum atomic E-state index is 13.2. The Balaban J connectivity index is 1.64. The number of benzene rings is 3. The fraction of sp³-hybridized carbons (Fsp3) is 0.0870. The predicted molar refractivity (Wildman–Crippen MR) is 141 cm³/mol. The van der Waals surface area contributed by atoms with Crippen LogP contribution in [0, 0.1) is 0 Å². The number of nitrogens with one attached hydrogen (secondary N) is 1. The van der Waals surface area contributed by atoms with Gasteiger partial charge in [-0.25, -0.2) is 8.42 Å². The maximum Gasteiger partial charge on any atom is 0.265 e. The quantitative estimate of drug-likeness (QED) is 0.256. The second kappa shape index (κ2) is 9.64. The van der Waals surface area contributed by atoms with Crippen LogP contribution in [0.2, 0.25) is 10.0 Å². The normalized spacial score (nSPS) is 11.5. The zero-order valence-electron chi connectivity index (χ0n) is 17.2. The molecule has 0 aliphatic carbocycles. The first-order valence-electron chi connectivity index (χ1n) is 9.77. The molecule has 170 valence electrons. The summed E-state index contributed by atoms with van der Waals surface area (Å²) in [5, 5.41) is 4.38. The number of carbonyl (C=O) groups is 1. The van der Waals surface area contributed by atoms with E-state index in [0.29, 0.717) is 26.3 Å². The molecule has 1 N–H and O–H groups in total. The number of fused-ring (bicyclic) bond motifs is 1. The zero-order chi connectivity index (χ0) is 23.8. The van der Waals surface area contributed by atoms with E-state index < -0.39 is 10.0 Å². The highest BCUT2D eigenvalue weighted by Gasteiger charge is 2.24. The van der Waals surface area contributed by atoms with Gasteiger partial charge in [-0.05, 0) is 79.0 Å². The molecular formula is C23H17BrCl2N2O3S2. The lowest BCUT2D eigenvalue weighted by Crippen LogP contribution is -2.30. The molecule has 33 heavy (non-hydrogen) atoms. The van der Waals surface area contributed by atoms with Gasteiger partial charge in [-0.15, -0.1) is 11.3 Å².